The molecule has 1 unspecified atom stereocenters. The van der Waals surface area contributed by atoms with Gasteiger partial charge in [0.1, 0.15) is 5.75 Å². The van der Waals surface area contributed by atoms with Crippen LogP contribution in [0.3, 0.4) is 0 Å². The van der Waals surface area contributed by atoms with Crippen LogP contribution in [0.5, 0.6) is 0 Å². The van der Waals surface area contributed by atoms with E-state index in [-0.39, 0.29) is 5.75 Å². The van der Waals surface area contributed by atoms with Crippen molar-refractivity contribution in [2.45, 2.75) is 6.92 Å². The van der Waals surface area contributed by atoms with Gasteiger partial charge in [0.05, 0.1) is 24.8 Å². The number of nitriles is 1. The van der Waals surface area contributed by atoms with Gasteiger partial charge in [0.25, 0.3) is 0 Å². The second-order valence-electron chi connectivity index (χ2n) is 2.66. The molecule has 0 rings (SSSR count). The highest BCUT2D eigenvalue weighted by Crippen LogP contribution is 2.00. The van der Waals surface area contributed by atoms with Crippen LogP contribution < -0.4 is 0 Å². The lowest BCUT2D eigenvalue weighted by Gasteiger charge is -2.03. The van der Waals surface area contributed by atoms with Gasteiger partial charge in [0.2, 0.25) is 0 Å². The first-order valence-electron chi connectivity index (χ1n) is 3.58. The molecule has 0 bridgehead atoms. The van der Waals surface area contributed by atoms with Crippen LogP contribution in [0.15, 0.2) is 0 Å². The van der Waals surface area contributed by atoms with Crippen LogP contribution in [0, 0.1) is 17.2 Å². The molecule has 0 radical (unpaired) electrons. The van der Waals surface area contributed by atoms with Crippen LogP contribution in [0.2, 0.25) is 0 Å². The van der Waals surface area contributed by atoms with Crippen molar-refractivity contribution < 1.29 is 17.9 Å². The summed E-state index contributed by atoms with van der Waals surface area (Å²) in [5.41, 5.74) is 0. The summed E-state index contributed by atoms with van der Waals surface area (Å²) >= 11 is 0. The van der Waals surface area contributed by atoms with Crippen molar-refractivity contribution in [3.8, 4) is 6.07 Å². The van der Waals surface area contributed by atoms with Crippen molar-refractivity contribution >= 4 is 15.8 Å². The molecule has 0 fully saturated rings. The van der Waals surface area contributed by atoms with E-state index in [9.17, 15) is 13.2 Å². The van der Waals surface area contributed by atoms with E-state index in [1.54, 1.807) is 6.07 Å². The molecule has 0 heterocycles. The fourth-order valence-electron chi connectivity index (χ4n) is 0.716. The Morgan fingerprint density at radius 3 is 2.54 bits per heavy atom. The van der Waals surface area contributed by atoms with Crippen molar-refractivity contribution in [3.05, 3.63) is 0 Å². The van der Waals surface area contributed by atoms with Gasteiger partial charge in [-0.2, -0.15) is 5.26 Å². The first-order chi connectivity index (χ1) is 5.91. The quantitative estimate of drug-likeness (QED) is 0.590. The molecule has 6 heteroatoms. The molecule has 0 aromatic carbocycles. The molecule has 0 aliphatic carbocycles. The molecule has 0 aromatic heterocycles. The standard InChI is InChI=1S/C7H11NO4S/c1-6(3-8)4-13(10,11)5-7(9)12-2/h6H,4-5H2,1-2H3. The van der Waals surface area contributed by atoms with Gasteiger partial charge in [-0.25, -0.2) is 8.42 Å². The summed E-state index contributed by atoms with van der Waals surface area (Å²) in [5.74, 6) is -2.37. The summed E-state index contributed by atoms with van der Waals surface area (Å²) in [6, 6.07) is 1.78. The summed E-state index contributed by atoms with van der Waals surface area (Å²) in [7, 11) is -2.38. The Hall–Kier alpha value is -1.09. The zero-order chi connectivity index (χ0) is 10.5. The van der Waals surface area contributed by atoms with Crippen LogP contribution in [0.1, 0.15) is 6.92 Å². The van der Waals surface area contributed by atoms with E-state index < -0.39 is 27.5 Å². The average molecular weight is 205 g/mol. The van der Waals surface area contributed by atoms with Gasteiger partial charge >= 0.3 is 5.97 Å². The van der Waals surface area contributed by atoms with Crippen LogP contribution in [0.25, 0.3) is 0 Å². The summed E-state index contributed by atoms with van der Waals surface area (Å²) in [5, 5.41) is 8.36. The lowest BCUT2D eigenvalue weighted by Crippen LogP contribution is -2.22. The summed E-state index contributed by atoms with van der Waals surface area (Å²) in [4.78, 5) is 10.6. The maximum Gasteiger partial charge on any atom is 0.320 e. The highest BCUT2D eigenvalue weighted by molar-refractivity contribution is 7.92. The Morgan fingerprint density at radius 2 is 2.15 bits per heavy atom. The molecule has 0 spiro atoms. The van der Waals surface area contributed by atoms with E-state index in [1.165, 1.54) is 6.92 Å². The van der Waals surface area contributed by atoms with Gasteiger partial charge in [-0.3, -0.25) is 4.79 Å². The van der Waals surface area contributed by atoms with Gasteiger partial charge in [0.15, 0.2) is 9.84 Å². The molecule has 0 amide bonds. The van der Waals surface area contributed by atoms with Gasteiger partial charge in [-0.05, 0) is 6.92 Å². The number of nitrogens with zero attached hydrogens (tertiary/aromatic N) is 1. The SMILES string of the molecule is COC(=O)CS(=O)(=O)CC(C)C#N. The van der Waals surface area contributed by atoms with Crippen molar-refractivity contribution in [2.75, 3.05) is 18.6 Å². The summed E-state index contributed by atoms with van der Waals surface area (Å²) < 4.78 is 26.4. The van der Waals surface area contributed by atoms with Crippen LogP contribution >= 0.6 is 0 Å². The molecule has 0 N–H and O–H groups in total. The molecule has 13 heavy (non-hydrogen) atoms. The van der Waals surface area contributed by atoms with E-state index in [0.717, 1.165) is 7.11 Å². The second-order valence-corrected chi connectivity index (χ2v) is 4.77. The molecule has 5 nitrogen and oxygen atoms in total. The molecular formula is C7H11NO4S. The van der Waals surface area contributed by atoms with E-state index >= 15 is 0 Å². The third-order valence-electron chi connectivity index (χ3n) is 1.29. The molecule has 0 saturated heterocycles. The fraction of sp³-hybridized carbons (Fsp3) is 0.714. The number of carbonyl (C=O) groups is 1. The lowest BCUT2D eigenvalue weighted by molar-refractivity contribution is -0.137. The molecular weight excluding hydrogens is 194 g/mol. The van der Waals surface area contributed by atoms with Crippen LogP contribution in [-0.4, -0.2) is 33.0 Å². The monoisotopic (exact) mass is 205 g/mol. The largest absolute Gasteiger partial charge is 0.468 e. The zero-order valence-electron chi connectivity index (χ0n) is 7.48. The van der Waals surface area contributed by atoms with Crippen molar-refractivity contribution in [3.63, 3.8) is 0 Å². The van der Waals surface area contributed by atoms with E-state index in [0.29, 0.717) is 0 Å². The smallest absolute Gasteiger partial charge is 0.320 e. The minimum atomic E-state index is -3.50. The van der Waals surface area contributed by atoms with Gasteiger partial charge in [-0.15, -0.1) is 0 Å². The Labute approximate surface area is 77.2 Å². The number of hydrogen-bond donors (Lipinski definition) is 0. The predicted molar refractivity (Wildman–Crippen MR) is 45.4 cm³/mol. The Balaban J connectivity index is 4.28. The molecule has 1 atom stereocenters. The van der Waals surface area contributed by atoms with Crippen LogP contribution in [-0.2, 0) is 19.4 Å². The number of hydrogen-bond acceptors (Lipinski definition) is 5. The summed E-state index contributed by atoms with van der Waals surface area (Å²) in [6.07, 6.45) is 0. The first-order valence-corrected chi connectivity index (χ1v) is 5.40. The minimum absolute atomic E-state index is 0.307. The third-order valence-corrected chi connectivity index (χ3v) is 2.97. The number of carbonyl (C=O) groups excluding carboxylic acids is 1. The highest BCUT2D eigenvalue weighted by atomic mass is 32.2. The van der Waals surface area contributed by atoms with Crippen molar-refractivity contribution in [2.24, 2.45) is 5.92 Å². The average Bonchev–Trinajstić information content (AvgIpc) is 2.02. The third kappa shape index (κ3) is 5.20. The topological polar surface area (TPSA) is 84.2 Å². The number of rotatable bonds is 4. The van der Waals surface area contributed by atoms with E-state index in [1.807, 2.05) is 0 Å². The normalized spacial score (nSPS) is 13.0. The number of ether oxygens (including phenoxy) is 1. The molecule has 0 aliphatic heterocycles. The van der Waals surface area contributed by atoms with Gasteiger partial charge in [0, 0.05) is 0 Å². The Morgan fingerprint density at radius 1 is 1.62 bits per heavy atom. The maximum absolute atomic E-state index is 11.1. The highest BCUT2D eigenvalue weighted by Gasteiger charge is 2.19. The predicted octanol–water partition coefficient (Wildman–Crippen LogP) is -0.266. The van der Waals surface area contributed by atoms with Gasteiger partial charge < -0.3 is 4.74 Å². The van der Waals surface area contributed by atoms with E-state index in [2.05, 4.69) is 4.74 Å². The maximum atomic E-state index is 11.1. The first kappa shape index (κ1) is 11.9. The van der Waals surface area contributed by atoms with Crippen molar-refractivity contribution in [1.82, 2.24) is 0 Å². The Bertz CT molecular complexity index is 314. The van der Waals surface area contributed by atoms with E-state index in [4.69, 9.17) is 5.26 Å². The van der Waals surface area contributed by atoms with Crippen molar-refractivity contribution in [1.29, 1.82) is 5.26 Å². The number of sulfone groups is 1. The fourth-order valence-corrected chi connectivity index (χ4v) is 2.15. The summed E-state index contributed by atoms with van der Waals surface area (Å²) in [6.45, 7) is 1.48. The second kappa shape index (κ2) is 4.82. The van der Waals surface area contributed by atoms with Gasteiger partial charge in [-0.1, -0.05) is 0 Å². The minimum Gasteiger partial charge on any atom is -0.468 e. The Kier molecular flexibility index (Phi) is 4.42. The molecule has 0 aromatic rings. The molecule has 0 aliphatic rings. The van der Waals surface area contributed by atoms with Crippen LogP contribution in [0.4, 0.5) is 0 Å². The zero-order valence-corrected chi connectivity index (χ0v) is 8.30. The molecule has 74 valence electrons. The number of esters is 1. The number of methoxy groups -OCH3 is 1. The lowest BCUT2D eigenvalue weighted by atomic mass is 10.3. The molecule has 0 saturated carbocycles.